The number of rotatable bonds is 8. The molecule has 2 N–H and O–H groups in total. The van der Waals surface area contributed by atoms with Crippen molar-refractivity contribution < 1.29 is 18.3 Å². The molecule has 49 heavy (non-hydrogen) atoms. The van der Waals surface area contributed by atoms with Crippen LogP contribution in [0.3, 0.4) is 0 Å². The number of carbonyl (C=O) groups excluding carboxylic acids is 1. The van der Waals surface area contributed by atoms with Crippen molar-refractivity contribution in [1.29, 1.82) is 5.26 Å². The van der Waals surface area contributed by atoms with Crippen LogP contribution in [0.5, 0.6) is 6.01 Å². The van der Waals surface area contributed by atoms with Crippen LogP contribution in [0.4, 0.5) is 14.6 Å². The lowest BCUT2D eigenvalue weighted by molar-refractivity contribution is -0.131. The largest absolute Gasteiger partial charge is 0.462 e. The number of amides is 1. The molecule has 5 heterocycles. The number of anilines is 1. The molecule has 0 spiro atoms. The second-order valence-electron chi connectivity index (χ2n) is 12.5. The van der Waals surface area contributed by atoms with E-state index in [0.717, 1.165) is 42.1 Å². The number of piperazine rings is 1. The number of aryl methyl sites for hydroxylation is 1. The van der Waals surface area contributed by atoms with E-state index in [9.17, 15) is 10.1 Å². The number of hydrogen-bond donors (Lipinski definition) is 2. The third-order valence-electron chi connectivity index (χ3n) is 9.45. The molecule has 4 aromatic rings. The zero-order valence-corrected chi connectivity index (χ0v) is 27.2. The molecule has 0 unspecified atom stereocenters. The van der Waals surface area contributed by atoms with Crippen molar-refractivity contribution >= 4 is 33.5 Å². The van der Waals surface area contributed by atoms with Crippen LogP contribution in [-0.2, 0) is 4.79 Å². The standard InChI is InChI=1S/C35H36F2N10O2/c1-22-7-10-29-27(18-39-43-29)30(22)25-8-9-26-32(31(25)37)41-35(49-21-24-6-5-14-44(24)2)42-33(26)45-16-17-47(23(19-45)11-12-38)34(48)28(36)20-46-15-4-3-13-40-46/h3-4,7-10,13,15,18,20,23-24,40H,5-6,11,14,16-17,19,21H2,1-2H3,(H,39,43)/b28-20-/t23-,24-/m0/s1. The number of H-pyrrole nitrogens is 1. The van der Waals surface area contributed by atoms with Gasteiger partial charge in [-0.15, -0.1) is 0 Å². The Kier molecular flexibility index (Phi) is 8.83. The minimum absolute atomic E-state index is 0.0347. The van der Waals surface area contributed by atoms with Gasteiger partial charge in [-0.3, -0.25) is 14.9 Å². The predicted octanol–water partition coefficient (Wildman–Crippen LogP) is 4.68. The summed E-state index contributed by atoms with van der Waals surface area (Å²) in [6.45, 7) is 3.79. The molecular weight excluding hydrogens is 630 g/mol. The third-order valence-corrected chi connectivity index (χ3v) is 9.45. The molecule has 0 aliphatic carbocycles. The van der Waals surface area contributed by atoms with Crippen LogP contribution in [-0.4, -0.2) is 92.8 Å². The molecule has 14 heteroatoms. The van der Waals surface area contributed by atoms with E-state index in [4.69, 9.17) is 9.72 Å². The normalized spacial score (nSPS) is 19.9. The van der Waals surface area contributed by atoms with Gasteiger partial charge in [-0.25, -0.2) is 4.39 Å². The van der Waals surface area contributed by atoms with Crippen LogP contribution in [0.1, 0.15) is 24.8 Å². The molecule has 252 valence electrons. The fourth-order valence-corrected chi connectivity index (χ4v) is 6.83. The number of ether oxygens (including phenoxy) is 1. The smallest absolute Gasteiger partial charge is 0.319 e. The number of likely N-dealkylation sites (N-methyl/N-ethyl adjacent to an activating group) is 1. The first-order valence-corrected chi connectivity index (χ1v) is 16.3. The average molecular weight is 667 g/mol. The molecule has 0 radical (unpaired) electrons. The lowest BCUT2D eigenvalue weighted by Gasteiger charge is -2.41. The highest BCUT2D eigenvalue weighted by Crippen LogP contribution is 2.38. The number of carbonyl (C=O) groups is 1. The second-order valence-corrected chi connectivity index (χ2v) is 12.5. The number of fused-ring (bicyclic) bond motifs is 2. The Balaban J connectivity index is 1.25. The van der Waals surface area contributed by atoms with Gasteiger partial charge in [-0.1, -0.05) is 12.1 Å². The highest BCUT2D eigenvalue weighted by molar-refractivity contribution is 6.00. The van der Waals surface area contributed by atoms with Gasteiger partial charge in [0.25, 0.3) is 5.91 Å². The monoisotopic (exact) mass is 666 g/mol. The molecule has 7 rings (SSSR count). The van der Waals surface area contributed by atoms with Crippen LogP contribution in [0.25, 0.3) is 32.9 Å². The fourth-order valence-electron chi connectivity index (χ4n) is 6.83. The quantitative estimate of drug-likeness (QED) is 0.256. The van der Waals surface area contributed by atoms with Crippen LogP contribution < -0.4 is 15.1 Å². The van der Waals surface area contributed by atoms with Crippen LogP contribution in [0, 0.1) is 24.1 Å². The second kappa shape index (κ2) is 13.5. The number of allylic oxidation sites excluding steroid dienone is 2. The average Bonchev–Trinajstić information content (AvgIpc) is 3.76. The van der Waals surface area contributed by atoms with Gasteiger partial charge in [-0.05, 0) is 68.8 Å². The molecule has 2 aromatic heterocycles. The van der Waals surface area contributed by atoms with Crippen molar-refractivity contribution in [3.8, 4) is 23.2 Å². The zero-order valence-electron chi connectivity index (χ0n) is 27.2. The molecule has 1 amide bonds. The summed E-state index contributed by atoms with van der Waals surface area (Å²) in [6.07, 6.45) is 11.4. The summed E-state index contributed by atoms with van der Waals surface area (Å²) in [5.41, 5.74) is 5.66. The van der Waals surface area contributed by atoms with Gasteiger partial charge in [0.2, 0.25) is 5.83 Å². The van der Waals surface area contributed by atoms with Crippen molar-refractivity contribution in [3.05, 3.63) is 78.4 Å². The number of hydrazine groups is 1. The number of halogens is 2. The number of nitrogens with zero attached hydrogens (tertiary/aromatic N) is 8. The summed E-state index contributed by atoms with van der Waals surface area (Å²) in [4.78, 5) is 28.2. The number of likely N-dealkylation sites (tertiary alicyclic amines) is 1. The molecule has 0 saturated carbocycles. The van der Waals surface area contributed by atoms with Gasteiger partial charge >= 0.3 is 6.01 Å². The Bertz CT molecular complexity index is 2040. The molecule has 12 nitrogen and oxygen atoms in total. The molecule has 2 atom stereocenters. The summed E-state index contributed by atoms with van der Waals surface area (Å²) < 4.78 is 38.1. The van der Waals surface area contributed by atoms with E-state index in [2.05, 4.69) is 31.6 Å². The Morgan fingerprint density at radius 2 is 2.02 bits per heavy atom. The van der Waals surface area contributed by atoms with Crippen molar-refractivity contribution in [1.82, 2.24) is 40.4 Å². The minimum Gasteiger partial charge on any atom is -0.462 e. The molecule has 3 aliphatic heterocycles. The Morgan fingerprint density at radius 3 is 2.80 bits per heavy atom. The van der Waals surface area contributed by atoms with Gasteiger partial charge in [0.1, 0.15) is 17.9 Å². The van der Waals surface area contributed by atoms with Gasteiger partial charge in [-0.2, -0.15) is 24.7 Å². The summed E-state index contributed by atoms with van der Waals surface area (Å²) in [5.74, 6) is -1.89. The molecule has 2 aromatic carbocycles. The summed E-state index contributed by atoms with van der Waals surface area (Å²) >= 11 is 0. The highest BCUT2D eigenvalue weighted by atomic mass is 19.1. The number of aromatic amines is 1. The topological polar surface area (TPSA) is 130 Å². The number of nitrogens with one attached hydrogen (secondary N) is 2. The van der Waals surface area contributed by atoms with Gasteiger partial charge in [0.05, 0.1) is 36.4 Å². The molecule has 3 aliphatic rings. The number of benzene rings is 2. The maximum Gasteiger partial charge on any atom is 0.319 e. The van der Waals surface area contributed by atoms with Crippen LogP contribution >= 0.6 is 0 Å². The molecule has 2 fully saturated rings. The van der Waals surface area contributed by atoms with E-state index in [-0.39, 0.29) is 43.6 Å². The lowest BCUT2D eigenvalue weighted by Crippen LogP contribution is -2.55. The van der Waals surface area contributed by atoms with Crippen molar-refractivity contribution in [2.45, 2.75) is 38.3 Å². The lowest BCUT2D eigenvalue weighted by atomic mass is 9.95. The Morgan fingerprint density at radius 1 is 1.14 bits per heavy atom. The van der Waals surface area contributed by atoms with Gasteiger partial charge < -0.3 is 24.9 Å². The van der Waals surface area contributed by atoms with Crippen molar-refractivity contribution in [2.24, 2.45) is 0 Å². The van der Waals surface area contributed by atoms with Gasteiger partial charge in [0, 0.05) is 54.4 Å². The molecule has 2 saturated heterocycles. The van der Waals surface area contributed by atoms with E-state index in [0.29, 0.717) is 28.9 Å². The van der Waals surface area contributed by atoms with E-state index in [1.54, 1.807) is 42.9 Å². The summed E-state index contributed by atoms with van der Waals surface area (Å²) in [7, 11) is 2.05. The first-order valence-electron chi connectivity index (χ1n) is 16.3. The Labute approximate surface area is 281 Å². The van der Waals surface area contributed by atoms with Crippen LogP contribution in [0.2, 0.25) is 0 Å². The maximum absolute atomic E-state index is 16.8. The third kappa shape index (κ3) is 6.25. The Hall–Kier alpha value is -5.55. The molecule has 0 bridgehead atoms. The first-order chi connectivity index (χ1) is 23.8. The SMILES string of the molecule is Cc1ccc2[nH]ncc2c1-c1ccc2c(N3CCN(C(=O)/C(F)=C/N4C=CC=CN4)[C@@H](CC#N)C3)nc(OC[C@@H]3CCCN3C)nc2c1F. The number of aromatic nitrogens is 4. The van der Waals surface area contributed by atoms with Crippen molar-refractivity contribution in [2.75, 3.05) is 44.7 Å². The number of hydrogen-bond acceptors (Lipinski definition) is 10. The zero-order chi connectivity index (χ0) is 34.1. The first kappa shape index (κ1) is 32.0. The number of nitriles is 1. The van der Waals surface area contributed by atoms with E-state index < -0.39 is 23.6 Å². The fraction of sp³-hybridized carbons (Fsp3) is 0.343. The van der Waals surface area contributed by atoms with E-state index >= 15 is 8.78 Å². The predicted molar refractivity (Wildman–Crippen MR) is 181 cm³/mol. The summed E-state index contributed by atoms with van der Waals surface area (Å²) in [5, 5.41) is 19.4. The van der Waals surface area contributed by atoms with E-state index in [1.807, 2.05) is 31.0 Å². The summed E-state index contributed by atoms with van der Waals surface area (Å²) in [6, 6.07) is 9.05. The molecular formula is C35H36F2N10O2. The van der Waals surface area contributed by atoms with E-state index in [1.165, 1.54) is 9.91 Å². The van der Waals surface area contributed by atoms with Crippen molar-refractivity contribution in [3.63, 3.8) is 0 Å². The minimum atomic E-state index is -0.971. The highest BCUT2D eigenvalue weighted by Gasteiger charge is 2.34. The van der Waals surface area contributed by atoms with Gasteiger partial charge in [0.15, 0.2) is 5.82 Å². The maximum atomic E-state index is 16.8. The van der Waals surface area contributed by atoms with Crippen LogP contribution in [0.15, 0.2) is 67.0 Å².